The Morgan fingerprint density at radius 2 is 1.97 bits per heavy atom. The van der Waals surface area contributed by atoms with Crippen molar-refractivity contribution < 1.29 is 13.9 Å². The van der Waals surface area contributed by atoms with Crippen LogP contribution in [0.1, 0.15) is 49.6 Å². The van der Waals surface area contributed by atoms with Gasteiger partial charge in [-0.05, 0) is 69.8 Å². The van der Waals surface area contributed by atoms with Crippen LogP contribution < -0.4 is 5.32 Å². The van der Waals surface area contributed by atoms with Crippen LogP contribution in [0.25, 0.3) is 11.5 Å². The normalized spacial score (nSPS) is 20.5. The van der Waals surface area contributed by atoms with E-state index in [1.54, 1.807) is 0 Å². The molecule has 30 heavy (non-hydrogen) atoms. The zero-order chi connectivity index (χ0) is 20.9. The summed E-state index contributed by atoms with van der Waals surface area (Å²) in [5, 5.41) is 3.09. The number of carbonyl (C=O) groups excluding carboxylic acids is 1. The van der Waals surface area contributed by atoms with Gasteiger partial charge in [-0.3, -0.25) is 9.69 Å². The lowest BCUT2D eigenvalue weighted by Gasteiger charge is -2.31. The minimum Gasteiger partial charge on any atom is -0.441 e. The van der Waals surface area contributed by atoms with Crippen LogP contribution in [-0.2, 0) is 22.5 Å². The predicted molar refractivity (Wildman–Crippen MR) is 116 cm³/mol. The first-order valence-corrected chi connectivity index (χ1v) is 11.3. The van der Waals surface area contributed by atoms with Crippen LogP contribution in [-0.4, -0.2) is 48.1 Å². The minimum absolute atomic E-state index is 0.105. The highest BCUT2D eigenvalue weighted by atomic mass is 16.5. The minimum atomic E-state index is 0.105. The van der Waals surface area contributed by atoms with Crippen LogP contribution in [0.5, 0.6) is 0 Å². The second-order valence-electron chi connectivity index (χ2n) is 8.50. The number of hydrogen-bond acceptors (Lipinski definition) is 5. The Hall–Kier alpha value is -2.18. The summed E-state index contributed by atoms with van der Waals surface area (Å²) in [6, 6.07) is 8.41. The molecule has 0 spiro atoms. The van der Waals surface area contributed by atoms with Crippen LogP contribution in [0.4, 0.5) is 0 Å². The Balaban J connectivity index is 1.27. The van der Waals surface area contributed by atoms with Crippen molar-refractivity contribution in [1.82, 2.24) is 15.2 Å². The topological polar surface area (TPSA) is 67.6 Å². The first-order chi connectivity index (χ1) is 14.6. The number of benzene rings is 1. The Kier molecular flexibility index (Phi) is 6.85. The molecule has 0 radical (unpaired) electrons. The zero-order valence-corrected chi connectivity index (χ0v) is 18.2. The molecule has 1 N–H and O–H groups in total. The van der Waals surface area contributed by atoms with Crippen LogP contribution >= 0.6 is 0 Å². The number of aromatic nitrogens is 1. The molecule has 2 fully saturated rings. The van der Waals surface area contributed by atoms with Gasteiger partial charge in [0.05, 0.1) is 11.8 Å². The molecular formula is C24H33N3O3. The number of carbonyl (C=O) groups is 1. The number of hydrogen-bond donors (Lipinski definition) is 1. The zero-order valence-electron chi connectivity index (χ0n) is 18.2. The average Bonchev–Trinajstić information content (AvgIpc) is 3.43. The molecule has 0 aliphatic carbocycles. The van der Waals surface area contributed by atoms with Crippen LogP contribution in [0, 0.1) is 12.8 Å². The van der Waals surface area contributed by atoms with Crippen molar-refractivity contribution >= 4 is 5.91 Å². The van der Waals surface area contributed by atoms with Gasteiger partial charge in [0.2, 0.25) is 11.8 Å². The van der Waals surface area contributed by atoms with Crippen LogP contribution in [0.2, 0.25) is 0 Å². The van der Waals surface area contributed by atoms with E-state index in [0.29, 0.717) is 12.4 Å². The van der Waals surface area contributed by atoms with E-state index >= 15 is 0 Å². The Labute approximate surface area is 179 Å². The highest BCUT2D eigenvalue weighted by Gasteiger charge is 2.27. The third-order valence-electron chi connectivity index (χ3n) is 6.36. The maximum absolute atomic E-state index is 12.5. The van der Waals surface area contributed by atoms with Crippen LogP contribution in [0.15, 0.2) is 28.7 Å². The monoisotopic (exact) mass is 411 g/mol. The molecule has 1 amide bonds. The summed E-state index contributed by atoms with van der Waals surface area (Å²) in [6.07, 6.45) is 5.17. The molecule has 2 aromatic rings. The molecule has 0 saturated carbocycles. The van der Waals surface area contributed by atoms with E-state index < -0.39 is 0 Å². The van der Waals surface area contributed by atoms with Gasteiger partial charge < -0.3 is 14.5 Å². The molecule has 2 aliphatic rings. The molecule has 1 unspecified atom stereocenters. The van der Waals surface area contributed by atoms with Crippen LogP contribution in [0.3, 0.4) is 0 Å². The molecule has 162 valence electrons. The molecule has 6 nitrogen and oxygen atoms in total. The second kappa shape index (κ2) is 9.75. The Morgan fingerprint density at radius 3 is 2.63 bits per heavy atom. The molecule has 2 saturated heterocycles. The first-order valence-electron chi connectivity index (χ1n) is 11.3. The molecular weight excluding hydrogens is 378 g/mol. The van der Waals surface area contributed by atoms with Gasteiger partial charge in [0.15, 0.2) is 0 Å². The number of nitrogens with one attached hydrogen (secondary N) is 1. The average molecular weight is 412 g/mol. The molecule has 1 aromatic heterocycles. The van der Waals surface area contributed by atoms with Crippen molar-refractivity contribution in [2.75, 3.05) is 26.2 Å². The van der Waals surface area contributed by atoms with Gasteiger partial charge in [-0.2, -0.15) is 0 Å². The van der Waals surface area contributed by atoms with E-state index in [-0.39, 0.29) is 17.9 Å². The summed E-state index contributed by atoms with van der Waals surface area (Å²) in [5.41, 5.74) is 3.32. The summed E-state index contributed by atoms with van der Waals surface area (Å²) in [7, 11) is 0. The SMILES string of the molecule is CCc1ccc(-c2nc(CN3CCC(C(=O)NCC4CCCO4)CC3)c(C)o2)cc1. The van der Waals surface area contributed by atoms with Crippen molar-refractivity contribution in [2.45, 2.75) is 58.6 Å². The molecule has 4 rings (SSSR count). The van der Waals surface area contributed by atoms with Crippen molar-refractivity contribution in [1.29, 1.82) is 0 Å². The molecule has 3 heterocycles. The number of likely N-dealkylation sites (tertiary alicyclic amines) is 1. The number of ether oxygens (including phenoxy) is 1. The summed E-state index contributed by atoms with van der Waals surface area (Å²) in [4.78, 5) is 19.6. The van der Waals surface area contributed by atoms with Gasteiger partial charge in [0, 0.05) is 31.2 Å². The van der Waals surface area contributed by atoms with Gasteiger partial charge in [-0.25, -0.2) is 4.98 Å². The van der Waals surface area contributed by atoms with E-state index in [1.165, 1.54) is 5.56 Å². The Morgan fingerprint density at radius 1 is 1.20 bits per heavy atom. The van der Waals surface area contributed by atoms with E-state index in [4.69, 9.17) is 14.1 Å². The van der Waals surface area contributed by atoms with E-state index in [2.05, 4.69) is 41.4 Å². The van der Waals surface area contributed by atoms with E-state index in [1.807, 2.05) is 6.92 Å². The fraction of sp³-hybridized carbons (Fsp3) is 0.583. The number of rotatable bonds is 7. The highest BCUT2D eigenvalue weighted by Crippen LogP contribution is 2.25. The van der Waals surface area contributed by atoms with Gasteiger partial charge in [0.25, 0.3) is 0 Å². The number of aryl methyl sites for hydroxylation is 2. The molecule has 6 heteroatoms. The lowest BCUT2D eigenvalue weighted by atomic mass is 9.95. The number of piperidine rings is 1. The molecule has 1 atom stereocenters. The first kappa shape index (κ1) is 21.1. The third kappa shape index (κ3) is 5.10. The van der Waals surface area contributed by atoms with E-state index in [0.717, 1.165) is 75.4 Å². The smallest absolute Gasteiger partial charge is 0.226 e. The fourth-order valence-electron chi connectivity index (χ4n) is 4.31. The number of amides is 1. The standard InChI is InChI=1S/C24H33N3O3/c1-3-18-6-8-20(9-7-18)24-26-22(17(2)30-24)16-27-12-10-19(11-13-27)23(28)25-15-21-5-4-14-29-21/h6-9,19,21H,3-5,10-16H2,1-2H3,(H,25,28). The van der Waals surface area contributed by atoms with E-state index in [9.17, 15) is 4.79 Å². The predicted octanol–water partition coefficient (Wildman–Crippen LogP) is 3.72. The fourth-order valence-corrected chi connectivity index (χ4v) is 4.31. The number of nitrogens with zero attached hydrogens (tertiary/aromatic N) is 2. The third-order valence-corrected chi connectivity index (χ3v) is 6.36. The largest absolute Gasteiger partial charge is 0.441 e. The quantitative estimate of drug-likeness (QED) is 0.752. The van der Waals surface area contributed by atoms with Gasteiger partial charge >= 0.3 is 0 Å². The Bertz CT molecular complexity index is 832. The van der Waals surface area contributed by atoms with Crippen molar-refractivity contribution in [3.63, 3.8) is 0 Å². The second-order valence-corrected chi connectivity index (χ2v) is 8.50. The van der Waals surface area contributed by atoms with Gasteiger partial charge in [-0.15, -0.1) is 0 Å². The number of oxazole rings is 1. The van der Waals surface area contributed by atoms with Crippen molar-refractivity contribution in [2.24, 2.45) is 5.92 Å². The maximum Gasteiger partial charge on any atom is 0.226 e. The molecule has 2 aliphatic heterocycles. The van der Waals surface area contributed by atoms with Gasteiger partial charge in [0.1, 0.15) is 5.76 Å². The van der Waals surface area contributed by atoms with Crippen molar-refractivity contribution in [3.8, 4) is 11.5 Å². The lowest BCUT2D eigenvalue weighted by molar-refractivity contribution is -0.127. The summed E-state index contributed by atoms with van der Waals surface area (Å²) < 4.78 is 11.5. The summed E-state index contributed by atoms with van der Waals surface area (Å²) in [6.45, 7) is 8.20. The highest BCUT2D eigenvalue weighted by molar-refractivity contribution is 5.78. The maximum atomic E-state index is 12.5. The van der Waals surface area contributed by atoms with Crippen molar-refractivity contribution in [3.05, 3.63) is 41.3 Å². The van der Waals surface area contributed by atoms with Gasteiger partial charge in [-0.1, -0.05) is 19.1 Å². The summed E-state index contributed by atoms with van der Waals surface area (Å²) in [5.74, 6) is 1.85. The lowest BCUT2D eigenvalue weighted by Crippen LogP contribution is -2.42. The molecule has 1 aromatic carbocycles. The summed E-state index contributed by atoms with van der Waals surface area (Å²) >= 11 is 0. The molecule has 0 bridgehead atoms.